The van der Waals surface area contributed by atoms with Gasteiger partial charge in [-0.3, -0.25) is 4.79 Å². The molecular weight excluding hydrogens is 463 g/mol. The first-order valence-electron chi connectivity index (χ1n) is 10.8. The van der Waals surface area contributed by atoms with E-state index in [-0.39, 0.29) is 30.3 Å². The maximum atomic E-state index is 14.5. The molecule has 11 heteroatoms. The number of aromatic nitrogens is 2. The Labute approximate surface area is 197 Å². The summed E-state index contributed by atoms with van der Waals surface area (Å²) in [6.07, 6.45) is 3.90. The molecule has 1 aliphatic rings. The minimum atomic E-state index is -3.83. The number of benzene rings is 2. The minimum absolute atomic E-state index is 0.0286. The highest BCUT2D eigenvalue weighted by Gasteiger charge is 2.19. The van der Waals surface area contributed by atoms with Gasteiger partial charge in [0.05, 0.1) is 23.8 Å². The Morgan fingerprint density at radius 3 is 2.68 bits per heavy atom. The van der Waals surface area contributed by atoms with Crippen LogP contribution in [0.2, 0.25) is 0 Å². The SMILES string of the molecule is Cc1nccn1-c1ccc(CNC(=O)CCNS(=O)(=O)c2ccc3c(c2)OCCCO3)cc1F. The van der Waals surface area contributed by atoms with Crippen molar-refractivity contribution in [3.05, 3.63) is 66.0 Å². The highest BCUT2D eigenvalue weighted by Crippen LogP contribution is 2.31. The molecule has 1 aromatic heterocycles. The third-order valence-electron chi connectivity index (χ3n) is 5.26. The van der Waals surface area contributed by atoms with Crippen LogP contribution >= 0.6 is 0 Å². The topological polar surface area (TPSA) is 112 Å². The Hall–Kier alpha value is -3.44. The molecule has 180 valence electrons. The van der Waals surface area contributed by atoms with Gasteiger partial charge in [-0.05, 0) is 36.8 Å². The summed E-state index contributed by atoms with van der Waals surface area (Å²) >= 11 is 0. The maximum absolute atomic E-state index is 14.5. The zero-order valence-electron chi connectivity index (χ0n) is 18.6. The molecule has 1 aliphatic heterocycles. The summed E-state index contributed by atoms with van der Waals surface area (Å²) in [7, 11) is -3.83. The molecule has 0 saturated heterocycles. The lowest BCUT2D eigenvalue weighted by atomic mass is 10.2. The Bertz CT molecular complexity index is 1290. The molecule has 0 spiro atoms. The van der Waals surface area contributed by atoms with Crippen molar-refractivity contribution in [2.24, 2.45) is 0 Å². The molecule has 0 saturated carbocycles. The second-order valence-corrected chi connectivity index (χ2v) is 9.48. The summed E-state index contributed by atoms with van der Waals surface area (Å²) in [5.41, 5.74) is 0.953. The summed E-state index contributed by atoms with van der Waals surface area (Å²) in [4.78, 5) is 16.3. The number of rotatable bonds is 8. The van der Waals surface area contributed by atoms with Crippen LogP contribution in [-0.4, -0.2) is 43.6 Å². The smallest absolute Gasteiger partial charge is 0.240 e. The standard InChI is InChI=1S/C23H25FN4O5S/c1-16-25-9-10-28(16)20-5-3-17(13-19(20)24)15-26-23(29)7-8-27-34(30,31)18-4-6-21-22(14-18)33-12-2-11-32-21/h3-6,9-10,13-14,27H,2,7-8,11-12,15H2,1H3,(H,26,29). The molecule has 0 bridgehead atoms. The van der Waals surface area contributed by atoms with Gasteiger partial charge in [0.25, 0.3) is 0 Å². The van der Waals surface area contributed by atoms with E-state index >= 15 is 0 Å². The molecule has 0 fully saturated rings. The number of ether oxygens (including phenoxy) is 2. The van der Waals surface area contributed by atoms with E-state index in [4.69, 9.17) is 9.47 Å². The Morgan fingerprint density at radius 2 is 1.94 bits per heavy atom. The summed E-state index contributed by atoms with van der Waals surface area (Å²) in [5.74, 6) is 0.737. The zero-order chi connectivity index (χ0) is 24.1. The normalized spacial score (nSPS) is 13.4. The van der Waals surface area contributed by atoms with Crippen molar-refractivity contribution in [2.75, 3.05) is 19.8 Å². The number of hydrogen-bond acceptors (Lipinski definition) is 6. The van der Waals surface area contributed by atoms with Crippen molar-refractivity contribution < 1.29 is 27.1 Å². The average Bonchev–Trinajstić information content (AvgIpc) is 3.09. The molecular formula is C23H25FN4O5S. The molecule has 2 heterocycles. The number of nitrogens with zero attached hydrogens (tertiary/aromatic N) is 2. The second kappa shape index (κ2) is 10.2. The van der Waals surface area contributed by atoms with Gasteiger partial charge in [-0.1, -0.05) is 6.07 Å². The molecule has 2 N–H and O–H groups in total. The Morgan fingerprint density at radius 1 is 1.15 bits per heavy atom. The number of sulfonamides is 1. The number of nitrogens with one attached hydrogen (secondary N) is 2. The van der Waals surface area contributed by atoms with E-state index in [1.54, 1.807) is 42.1 Å². The number of halogens is 1. The van der Waals surface area contributed by atoms with Crippen molar-refractivity contribution in [3.63, 3.8) is 0 Å². The van der Waals surface area contributed by atoms with Crippen LogP contribution in [0.25, 0.3) is 5.69 Å². The first kappa shape index (κ1) is 23.7. The van der Waals surface area contributed by atoms with Crippen LogP contribution in [0.4, 0.5) is 4.39 Å². The van der Waals surface area contributed by atoms with E-state index in [2.05, 4.69) is 15.0 Å². The third-order valence-corrected chi connectivity index (χ3v) is 6.72. The fraction of sp³-hybridized carbons (Fsp3) is 0.304. The zero-order valence-corrected chi connectivity index (χ0v) is 19.4. The molecule has 0 aliphatic carbocycles. The van der Waals surface area contributed by atoms with Crippen LogP contribution < -0.4 is 19.5 Å². The van der Waals surface area contributed by atoms with E-state index in [1.165, 1.54) is 18.2 Å². The van der Waals surface area contributed by atoms with Gasteiger partial charge in [0.2, 0.25) is 15.9 Å². The van der Waals surface area contributed by atoms with Crippen molar-refractivity contribution in [1.82, 2.24) is 19.6 Å². The molecule has 0 radical (unpaired) electrons. The Balaban J connectivity index is 1.28. The second-order valence-electron chi connectivity index (χ2n) is 7.71. The third kappa shape index (κ3) is 5.54. The molecule has 4 rings (SSSR count). The highest BCUT2D eigenvalue weighted by molar-refractivity contribution is 7.89. The van der Waals surface area contributed by atoms with Crippen molar-refractivity contribution >= 4 is 15.9 Å². The molecule has 0 unspecified atom stereocenters. The highest BCUT2D eigenvalue weighted by atomic mass is 32.2. The van der Waals surface area contributed by atoms with Gasteiger partial charge in [-0.15, -0.1) is 0 Å². The van der Waals surface area contributed by atoms with Gasteiger partial charge < -0.3 is 19.4 Å². The summed E-state index contributed by atoms with van der Waals surface area (Å²) in [6.45, 7) is 2.76. The van der Waals surface area contributed by atoms with E-state index in [9.17, 15) is 17.6 Å². The van der Waals surface area contributed by atoms with Crippen LogP contribution in [0.3, 0.4) is 0 Å². The number of imidazole rings is 1. The Kier molecular flexibility index (Phi) is 7.13. The number of amides is 1. The first-order valence-corrected chi connectivity index (χ1v) is 12.3. The number of hydrogen-bond donors (Lipinski definition) is 2. The largest absolute Gasteiger partial charge is 0.490 e. The first-order chi connectivity index (χ1) is 16.3. The van der Waals surface area contributed by atoms with Gasteiger partial charge in [-0.2, -0.15) is 0 Å². The fourth-order valence-corrected chi connectivity index (χ4v) is 4.52. The number of aryl methyl sites for hydroxylation is 1. The lowest BCUT2D eigenvalue weighted by molar-refractivity contribution is -0.121. The fourth-order valence-electron chi connectivity index (χ4n) is 3.47. The molecule has 1 amide bonds. The van der Waals surface area contributed by atoms with Crippen LogP contribution in [0.5, 0.6) is 11.5 Å². The number of carbonyl (C=O) groups excluding carboxylic acids is 1. The van der Waals surface area contributed by atoms with Gasteiger partial charge in [0, 0.05) is 44.4 Å². The minimum Gasteiger partial charge on any atom is -0.490 e. The maximum Gasteiger partial charge on any atom is 0.240 e. The lowest BCUT2D eigenvalue weighted by Gasteiger charge is -2.11. The van der Waals surface area contributed by atoms with Crippen LogP contribution in [0.15, 0.2) is 53.7 Å². The van der Waals surface area contributed by atoms with Gasteiger partial charge >= 0.3 is 0 Å². The molecule has 0 atom stereocenters. The average molecular weight is 489 g/mol. The van der Waals surface area contributed by atoms with Gasteiger partial charge in [0.15, 0.2) is 11.5 Å². The van der Waals surface area contributed by atoms with Crippen LogP contribution in [0.1, 0.15) is 24.2 Å². The molecule has 3 aromatic rings. The molecule has 9 nitrogen and oxygen atoms in total. The van der Waals surface area contributed by atoms with Crippen molar-refractivity contribution in [3.8, 4) is 17.2 Å². The predicted octanol–water partition coefficient (Wildman–Crippen LogP) is 2.47. The molecule has 34 heavy (non-hydrogen) atoms. The van der Waals surface area contributed by atoms with Crippen molar-refractivity contribution in [2.45, 2.75) is 31.2 Å². The summed E-state index contributed by atoms with van der Waals surface area (Å²) < 4.78 is 54.7. The van der Waals surface area contributed by atoms with Gasteiger partial charge in [-0.25, -0.2) is 22.5 Å². The lowest BCUT2D eigenvalue weighted by Crippen LogP contribution is -2.30. The predicted molar refractivity (Wildman–Crippen MR) is 122 cm³/mol. The van der Waals surface area contributed by atoms with E-state index in [0.29, 0.717) is 48.2 Å². The van der Waals surface area contributed by atoms with E-state index in [0.717, 1.165) is 0 Å². The number of fused-ring (bicyclic) bond motifs is 1. The van der Waals surface area contributed by atoms with Crippen LogP contribution in [0, 0.1) is 12.7 Å². The van der Waals surface area contributed by atoms with Crippen LogP contribution in [-0.2, 0) is 21.4 Å². The quantitative estimate of drug-likeness (QED) is 0.504. The number of carbonyl (C=O) groups is 1. The van der Waals surface area contributed by atoms with Gasteiger partial charge in [0.1, 0.15) is 11.6 Å². The monoisotopic (exact) mass is 488 g/mol. The van der Waals surface area contributed by atoms with E-state index in [1.807, 2.05) is 0 Å². The van der Waals surface area contributed by atoms with Crippen molar-refractivity contribution in [1.29, 1.82) is 0 Å². The molecule has 2 aromatic carbocycles. The summed E-state index contributed by atoms with van der Waals surface area (Å²) in [6, 6.07) is 9.08. The summed E-state index contributed by atoms with van der Waals surface area (Å²) in [5, 5.41) is 2.67. The van der Waals surface area contributed by atoms with E-state index < -0.39 is 15.8 Å².